The van der Waals surface area contributed by atoms with Crippen molar-refractivity contribution in [3.05, 3.63) is 59.8 Å². The summed E-state index contributed by atoms with van der Waals surface area (Å²) in [4.78, 5) is 19.4. The largest absolute Gasteiger partial charge is 0.332 e. The molecule has 1 aromatic carbocycles. The van der Waals surface area contributed by atoms with Crippen molar-refractivity contribution in [3.8, 4) is 0 Å². The van der Waals surface area contributed by atoms with Gasteiger partial charge >= 0.3 is 0 Å². The van der Waals surface area contributed by atoms with Gasteiger partial charge in [0, 0.05) is 23.1 Å². The second-order valence-corrected chi connectivity index (χ2v) is 9.01. The second kappa shape index (κ2) is 6.98. The zero-order valence-electron chi connectivity index (χ0n) is 14.5. The van der Waals surface area contributed by atoms with Crippen LogP contribution >= 0.6 is 11.8 Å². The Bertz CT molecular complexity index is 692. The van der Waals surface area contributed by atoms with Crippen LogP contribution in [-0.2, 0) is 0 Å². The van der Waals surface area contributed by atoms with E-state index in [0.717, 1.165) is 35.5 Å². The van der Waals surface area contributed by atoms with Crippen LogP contribution in [0.1, 0.15) is 55.6 Å². The number of benzene rings is 1. The predicted octanol–water partition coefficient (Wildman–Crippen LogP) is 4.95. The molecule has 3 nitrogen and oxygen atoms in total. The third kappa shape index (κ3) is 3.99. The molecule has 3 rings (SSSR count). The molecule has 126 valence electrons. The normalized spacial score (nSPS) is 18.0. The Labute approximate surface area is 148 Å². The summed E-state index contributed by atoms with van der Waals surface area (Å²) in [6, 6.07) is 13.9. The van der Waals surface area contributed by atoms with Gasteiger partial charge in [0.1, 0.15) is 0 Å². The SMILES string of the molecule is CC(C)(C)Sc1ccc([C@H]2CCCN2C(=O)c2ccccc2)cn1. The average Bonchev–Trinajstić information content (AvgIpc) is 3.04. The molecule has 0 spiro atoms. The maximum Gasteiger partial charge on any atom is 0.254 e. The molecule has 1 aliphatic rings. The van der Waals surface area contributed by atoms with Gasteiger partial charge in [-0.2, -0.15) is 0 Å². The first-order valence-corrected chi connectivity index (χ1v) is 9.27. The Morgan fingerprint density at radius 2 is 1.92 bits per heavy atom. The lowest BCUT2D eigenvalue weighted by Crippen LogP contribution is -2.30. The molecule has 0 aliphatic carbocycles. The van der Waals surface area contributed by atoms with Gasteiger partial charge in [-0.1, -0.05) is 45.0 Å². The summed E-state index contributed by atoms with van der Waals surface area (Å²) < 4.78 is 0.150. The summed E-state index contributed by atoms with van der Waals surface area (Å²) in [5.41, 5.74) is 1.90. The van der Waals surface area contributed by atoms with Crippen molar-refractivity contribution < 1.29 is 4.79 Å². The van der Waals surface area contributed by atoms with Gasteiger partial charge in [-0.15, -0.1) is 11.8 Å². The van der Waals surface area contributed by atoms with Crippen LogP contribution in [0.25, 0.3) is 0 Å². The third-order valence-electron chi connectivity index (χ3n) is 4.09. The topological polar surface area (TPSA) is 33.2 Å². The first kappa shape index (κ1) is 17.0. The van der Waals surface area contributed by atoms with Crippen molar-refractivity contribution in [2.75, 3.05) is 6.54 Å². The first-order valence-electron chi connectivity index (χ1n) is 8.45. The Morgan fingerprint density at radius 1 is 1.17 bits per heavy atom. The molecule has 2 heterocycles. The quantitative estimate of drug-likeness (QED) is 0.741. The third-order valence-corrected chi connectivity index (χ3v) is 5.15. The molecule has 1 fully saturated rings. The molecule has 1 amide bonds. The van der Waals surface area contributed by atoms with Crippen molar-refractivity contribution in [3.63, 3.8) is 0 Å². The molecule has 0 saturated carbocycles. The van der Waals surface area contributed by atoms with Gasteiger partial charge in [0.2, 0.25) is 0 Å². The number of carbonyl (C=O) groups excluding carboxylic acids is 1. The van der Waals surface area contributed by atoms with E-state index < -0.39 is 0 Å². The number of nitrogens with zero attached hydrogens (tertiary/aromatic N) is 2. The van der Waals surface area contributed by atoms with E-state index >= 15 is 0 Å². The molecule has 1 atom stereocenters. The van der Waals surface area contributed by atoms with Crippen molar-refractivity contribution >= 4 is 17.7 Å². The number of hydrogen-bond acceptors (Lipinski definition) is 3. The molecular formula is C20H24N2OS. The molecule has 0 N–H and O–H groups in total. The van der Waals surface area contributed by atoms with E-state index in [2.05, 4.69) is 37.9 Å². The van der Waals surface area contributed by atoms with E-state index in [1.807, 2.05) is 41.4 Å². The van der Waals surface area contributed by atoms with E-state index in [9.17, 15) is 4.79 Å². The lowest BCUT2D eigenvalue weighted by atomic mass is 10.1. The van der Waals surface area contributed by atoms with Crippen LogP contribution < -0.4 is 0 Å². The standard InChI is InChI=1S/C20H24N2OS/c1-20(2,3)24-18-12-11-16(14-21-18)17-10-7-13-22(17)19(23)15-8-5-4-6-9-15/h4-6,8-9,11-12,14,17H,7,10,13H2,1-3H3/t17-/m1/s1. The smallest absolute Gasteiger partial charge is 0.254 e. The monoisotopic (exact) mass is 340 g/mol. The first-order chi connectivity index (χ1) is 11.4. The minimum Gasteiger partial charge on any atom is -0.332 e. The summed E-state index contributed by atoms with van der Waals surface area (Å²) >= 11 is 1.76. The van der Waals surface area contributed by atoms with Crippen molar-refractivity contribution in [1.82, 2.24) is 9.88 Å². The highest BCUT2D eigenvalue weighted by Crippen LogP contribution is 2.35. The van der Waals surface area contributed by atoms with Gasteiger partial charge in [0.25, 0.3) is 5.91 Å². The number of thioether (sulfide) groups is 1. The Morgan fingerprint density at radius 3 is 2.54 bits per heavy atom. The molecular weight excluding hydrogens is 316 g/mol. The zero-order chi connectivity index (χ0) is 17.2. The van der Waals surface area contributed by atoms with Crippen LogP contribution in [0.5, 0.6) is 0 Å². The number of aromatic nitrogens is 1. The van der Waals surface area contributed by atoms with Crippen molar-refractivity contribution in [2.24, 2.45) is 0 Å². The van der Waals surface area contributed by atoms with Gasteiger partial charge in [-0.3, -0.25) is 4.79 Å². The van der Waals surface area contributed by atoms with E-state index in [0.29, 0.717) is 0 Å². The predicted molar refractivity (Wildman–Crippen MR) is 99.3 cm³/mol. The molecule has 0 radical (unpaired) electrons. The molecule has 1 aromatic heterocycles. The second-order valence-electron chi connectivity index (χ2n) is 7.17. The van der Waals surface area contributed by atoms with Crippen molar-refractivity contribution in [2.45, 2.75) is 49.4 Å². The van der Waals surface area contributed by atoms with Crippen LogP contribution in [0.4, 0.5) is 0 Å². The van der Waals surface area contributed by atoms with Crippen LogP contribution in [0.2, 0.25) is 0 Å². The van der Waals surface area contributed by atoms with Crippen LogP contribution in [0, 0.1) is 0 Å². The number of likely N-dealkylation sites (tertiary alicyclic amines) is 1. The molecule has 4 heteroatoms. The van der Waals surface area contributed by atoms with Crippen LogP contribution in [-0.4, -0.2) is 27.1 Å². The number of amides is 1. The Balaban J connectivity index is 1.77. The highest BCUT2D eigenvalue weighted by Gasteiger charge is 2.30. The molecule has 1 aliphatic heterocycles. The molecule has 0 bridgehead atoms. The number of rotatable bonds is 3. The molecule has 1 saturated heterocycles. The summed E-state index contributed by atoms with van der Waals surface area (Å²) in [7, 11) is 0. The summed E-state index contributed by atoms with van der Waals surface area (Å²) in [5, 5.41) is 1.03. The van der Waals surface area contributed by atoms with E-state index in [-0.39, 0.29) is 16.7 Å². The van der Waals surface area contributed by atoms with Gasteiger partial charge < -0.3 is 4.90 Å². The zero-order valence-corrected chi connectivity index (χ0v) is 15.3. The van der Waals surface area contributed by atoms with E-state index in [1.165, 1.54) is 0 Å². The molecule has 24 heavy (non-hydrogen) atoms. The van der Waals surface area contributed by atoms with Gasteiger partial charge in [0.05, 0.1) is 11.1 Å². The lowest BCUT2D eigenvalue weighted by molar-refractivity contribution is 0.0735. The number of carbonyl (C=O) groups is 1. The fraction of sp³-hybridized carbons (Fsp3) is 0.400. The highest BCUT2D eigenvalue weighted by atomic mass is 32.2. The Kier molecular flexibility index (Phi) is 4.95. The van der Waals surface area contributed by atoms with Gasteiger partial charge in [-0.25, -0.2) is 4.98 Å². The van der Waals surface area contributed by atoms with Crippen LogP contribution in [0.3, 0.4) is 0 Å². The van der Waals surface area contributed by atoms with Crippen molar-refractivity contribution in [1.29, 1.82) is 0 Å². The van der Waals surface area contributed by atoms with Crippen LogP contribution in [0.15, 0.2) is 53.7 Å². The minimum atomic E-state index is 0.117. The summed E-state index contributed by atoms with van der Waals surface area (Å²) in [6.07, 6.45) is 3.99. The highest BCUT2D eigenvalue weighted by molar-refractivity contribution is 8.00. The fourth-order valence-corrected chi connectivity index (χ4v) is 3.93. The van der Waals surface area contributed by atoms with Gasteiger partial charge in [-0.05, 0) is 36.6 Å². The minimum absolute atomic E-state index is 0.117. The van der Waals surface area contributed by atoms with E-state index in [1.54, 1.807) is 11.8 Å². The Hall–Kier alpha value is -1.81. The molecule has 0 unspecified atom stereocenters. The maximum absolute atomic E-state index is 12.8. The maximum atomic E-state index is 12.8. The fourth-order valence-electron chi connectivity index (χ4n) is 3.07. The molecule has 2 aromatic rings. The lowest BCUT2D eigenvalue weighted by Gasteiger charge is -2.25. The number of hydrogen-bond donors (Lipinski definition) is 0. The van der Waals surface area contributed by atoms with E-state index in [4.69, 9.17) is 0 Å². The summed E-state index contributed by atoms with van der Waals surface area (Å²) in [6.45, 7) is 7.37. The average molecular weight is 340 g/mol. The van der Waals surface area contributed by atoms with Gasteiger partial charge in [0.15, 0.2) is 0 Å². The summed E-state index contributed by atoms with van der Waals surface area (Å²) in [5.74, 6) is 0.117. The number of pyridine rings is 1.